The number of fused-ring (bicyclic) bond motifs is 3. The zero-order chi connectivity index (χ0) is 30.9. The summed E-state index contributed by atoms with van der Waals surface area (Å²) in [6, 6.07) is 55.8. The number of rotatable bonds is 6. The van der Waals surface area contributed by atoms with Crippen molar-refractivity contribution in [3.63, 3.8) is 0 Å². The van der Waals surface area contributed by atoms with Gasteiger partial charge in [0.1, 0.15) is 5.82 Å². The second kappa shape index (κ2) is 11.9. The average molecular weight is 592 g/mol. The first-order valence-corrected chi connectivity index (χ1v) is 15.8. The van der Waals surface area contributed by atoms with Crippen molar-refractivity contribution < 1.29 is 0 Å². The highest BCUT2D eigenvalue weighted by Crippen LogP contribution is 2.48. The molecule has 0 spiro atoms. The molecule has 0 N–H and O–H groups in total. The highest BCUT2D eigenvalue weighted by molar-refractivity contribution is 5.97. The molecule has 0 fully saturated rings. The summed E-state index contributed by atoms with van der Waals surface area (Å²) in [6.45, 7) is 3.05. The Morgan fingerprint density at radius 2 is 1.11 bits per heavy atom. The Bertz CT molecular complexity index is 2100. The molecule has 0 radical (unpaired) electrons. The summed E-state index contributed by atoms with van der Waals surface area (Å²) in [4.78, 5) is 12.7. The average Bonchev–Trinajstić information content (AvgIpc) is 3.13. The number of aromatic nitrogens is 2. The number of aryl methyl sites for hydroxylation is 1. The molecular formula is C43H33N3. The van der Waals surface area contributed by atoms with Crippen molar-refractivity contribution in [2.24, 2.45) is 0 Å². The summed E-state index contributed by atoms with van der Waals surface area (Å²) in [5.74, 6) is 0.811. The van der Waals surface area contributed by atoms with E-state index < -0.39 is 0 Å². The Balaban J connectivity index is 1.26. The number of para-hydroxylation sites is 2. The minimum absolute atomic E-state index is 0.623. The van der Waals surface area contributed by atoms with Crippen molar-refractivity contribution in [3.8, 4) is 44.8 Å². The third kappa shape index (κ3) is 5.16. The Labute approximate surface area is 270 Å². The van der Waals surface area contributed by atoms with Crippen LogP contribution in [0.15, 0.2) is 158 Å². The van der Waals surface area contributed by atoms with E-state index in [0.717, 1.165) is 34.9 Å². The smallest absolute Gasteiger partial charge is 0.134 e. The van der Waals surface area contributed by atoms with Crippen LogP contribution in [0.3, 0.4) is 0 Å². The Morgan fingerprint density at radius 1 is 0.543 bits per heavy atom. The van der Waals surface area contributed by atoms with Crippen molar-refractivity contribution in [1.82, 2.24) is 9.97 Å². The molecular weight excluding hydrogens is 558 g/mol. The fourth-order valence-corrected chi connectivity index (χ4v) is 6.73. The maximum absolute atomic E-state index is 5.13. The van der Waals surface area contributed by atoms with E-state index in [1.54, 1.807) is 0 Å². The predicted octanol–water partition coefficient (Wildman–Crippen LogP) is 10.7. The summed E-state index contributed by atoms with van der Waals surface area (Å²) < 4.78 is 0. The first kappa shape index (κ1) is 27.7. The normalized spacial score (nSPS) is 12.0. The predicted molar refractivity (Wildman–Crippen MR) is 190 cm³/mol. The molecule has 0 amide bonds. The second-order valence-corrected chi connectivity index (χ2v) is 11.9. The van der Waals surface area contributed by atoms with Gasteiger partial charge in [0.25, 0.3) is 0 Å². The third-order valence-electron chi connectivity index (χ3n) is 8.91. The lowest BCUT2D eigenvalue weighted by molar-refractivity contribution is 0.959. The molecule has 220 valence electrons. The van der Waals surface area contributed by atoms with Crippen LogP contribution in [0, 0.1) is 6.92 Å². The number of benzene rings is 6. The molecule has 1 aliphatic heterocycles. The van der Waals surface area contributed by atoms with Crippen LogP contribution < -0.4 is 4.90 Å². The first-order valence-electron chi connectivity index (χ1n) is 15.8. The molecule has 1 aliphatic rings. The fraction of sp³-hybridized carbons (Fsp3) is 0.0698. The highest BCUT2D eigenvalue weighted by atomic mass is 15.1. The molecule has 2 heterocycles. The van der Waals surface area contributed by atoms with Gasteiger partial charge in [-0.2, -0.15) is 0 Å². The van der Waals surface area contributed by atoms with E-state index in [1.165, 1.54) is 50.3 Å². The van der Waals surface area contributed by atoms with Gasteiger partial charge in [-0.3, -0.25) is 0 Å². The van der Waals surface area contributed by atoms with Crippen LogP contribution in [-0.4, -0.2) is 9.97 Å². The monoisotopic (exact) mass is 591 g/mol. The Morgan fingerprint density at radius 3 is 1.78 bits per heavy atom. The van der Waals surface area contributed by atoms with Gasteiger partial charge < -0.3 is 4.90 Å². The van der Waals surface area contributed by atoms with Crippen LogP contribution >= 0.6 is 0 Å². The van der Waals surface area contributed by atoms with Crippen LogP contribution in [0.2, 0.25) is 0 Å². The number of hydrogen-bond donors (Lipinski definition) is 0. The van der Waals surface area contributed by atoms with E-state index in [9.17, 15) is 0 Å². The van der Waals surface area contributed by atoms with E-state index in [0.29, 0.717) is 6.42 Å². The molecule has 1 aromatic heterocycles. The quantitative estimate of drug-likeness (QED) is 0.193. The molecule has 0 bridgehead atoms. The largest absolute Gasteiger partial charge is 0.336 e. The molecule has 0 saturated heterocycles. The summed E-state index contributed by atoms with van der Waals surface area (Å²) in [6.07, 6.45) is 0.623. The number of hydrogen-bond acceptors (Lipinski definition) is 3. The van der Waals surface area contributed by atoms with Crippen molar-refractivity contribution in [1.29, 1.82) is 0 Å². The van der Waals surface area contributed by atoms with Gasteiger partial charge in [0.2, 0.25) is 0 Å². The topological polar surface area (TPSA) is 29.0 Å². The highest BCUT2D eigenvalue weighted by Gasteiger charge is 2.27. The second-order valence-electron chi connectivity index (χ2n) is 11.9. The summed E-state index contributed by atoms with van der Waals surface area (Å²) in [5, 5.41) is 0. The zero-order valence-electron chi connectivity index (χ0n) is 25.8. The van der Waals surface area contributed by atoms with Gasteiger partial charge in [0.15, 0.2) is 0 Å². The van der Waals surface area contributed by atoms with E-state index >= 15 is 0 Å². The van der Waals surface area contributed by atoms with Gasteiger partial charge in [-0.25, -0.2) is 9.97 Å². The standard InChI is InChI=1S/C43H33N3/c1-30-25-26-34-29-46(35-20-9-4-10-21-35)40-24-14-13-23-37(40)43(34)42(30)36-22-12-11-19-33(36)27-41-44-38(31-15-5-2-6-16-31)28-39(45-41)32-17-7-3-8-18-32/h2-26,28H,27,29H2,1H3. The maximum Gasteiger partial charge on any atom is 0.134 e. The van der Waals surface area contributed by atoms with Crippen LogP contribution in [0.5, 0.6) is 0 Å². The molecule has 3 nitrogen and oxygen atoms in total. The first-order chi connectivity index (χ1) is 22.7. The molecule has 0 aliphatic carbocycles. The van der Waals surface area contributed by atoms with Crippen molar-refractivity contribution in [3.05, 3.63) is 180 Å². The molecule has 6 aromatic carbocycles. The van der Waals surface area contributed by atoms with Gasteiger partial charge in [-0.1, -0.05) is 133 Å². The van der Waals surface area contributed by atoms with Crippen LogP contribution in [0.1, 0.15) is 22.5 Å². The van der Waals surface area contributed by atoms with Crippen LogP contribution in [0.25, 0.3) is 44.8 Å². The Hall–Kier alpha value is -5.80. The third-order valence-corrected chi connectivity index (χ3v) is 8.91. The number of nitrogens with zero attached hydrogens (tertiary/aromatic N) is 3. The van der Waals surface area contributed by atoms with Crippen molar-refractivity contribution in [2.75, 3.05) is 4.90 Å². The van der Waals surface area contributed by atoms with E-state index in [-0.39, 0.29) is 0 Å². The lowest BCUT2D eigenvalue weighted by Gasteiger charge is -2.34. The minimum Gasteiger partial charge on any atom is -0.336 e. The van der Waals surface area contributed by atoms with Gasteiger partial charge in [-0.15, -0.1) is 0 Å². The van der Waals surface area contributed by atoms with Gasteiger partial charge in [0.05, 0.1) is 11.4 Å². The van der Waals surface area contributed by atoms with E-state index in [2.05, 4.69) is 157 Å². The molecule has 7 aromatic rings. The van der Waals surface area contributed by atoms with Gasteiger partial charge in [-0.05, 0) is 64.6 Å². The summed E-state index contributed by atoms with van der Waals surface area (Å²) in [7, 11) is 0. The molecule has 3 heteroatoms. The SMILES string of the molecule is Cc1ccc2c(c1-c1ccccc1Cc1nc(-c3ccccc3)cc(-c3ccccc3)n1)-c1ccccc1N(c1ccccc1)C2. The maximum atomic E-state index is 5.13. The van der Waals surface area contributed by atoms with Crippen molar-refractivity contribution in [2.45, 2.75) is 19.9 Å². The van der Waals surface area contributed by atoms with Gasteiger partial charge >= 0.3 is 0 Å². The van der Waals surface area contributed by atoms with Crippen molar-refractivity contribution >= 4 is 11.4 Å². The lowest BCUT2D eigenvalue weighted by atomic mass is 9.82. The molecule has 8 rings (SSSR count). The summed E-state index contributed by atoms with van der Waals surface area (Å²) in [5.41, 5.74) is 15.4. The van der Waals surface area contributed by atoms with Gasteiger partial charge in [0, 0.05) is 41.0 Å². The van der Waals surface area contributed by atoms with E-state index in [4.69, 9.17) is 9.97 Å². The Kier molecular flexibility index (Phi) is 7.20. The number of anilines is 2. The lowest BCUT2D eigenvalue weighted by Crippen LogP contribution is -2.22. The van der Waals surface area contributed by atoms with E-state index in [1.807, 2.05) is 12.1 Å². The van der Waals surface area contributed by atoms with Crippen LogP contribution in [-0.2, 0) is 13.0 Å². The molecule has 0 saturated carbocycles. The molecule has 0 atom stereocenters. The minimum atomic E-state index is 0.623. The summed E-state index contributed by atoms with van der Waals surface area (Å²) >= 11 is 0. The molecule has 0 unspecified atom stereocenters. The zero-order valence-corrected chi connectivity index (χ0v) is 25.8. The van der Waals surface area contributed by atoms with Crippen LogP contribution in [0.4, 0.5) is 11.4 Å². The fourth-order valence-electron chi connectivity index (χ4n) is 6.73. The molecule has 46 heavy (non-hydrogen) atoms.